The first-order valence-electron chi connectivity index (χ1n) is 6.84. The minimum atomic E-state index is -0.608. The fourth-order valence-corrected chi connectivity index (χ4v) is 4.58. The average molecular weight is 258 g/mol. The first-order chi connectivity index (χ1) is 7.93. The molecule has 0 radical (unpaired) electrons. The Hall–Kier alpha value is 0.270. The third kappa shape index (κ3) is 2.52. The quantitative estimate of drug-likeness (QED) is 0.800. The van der Waals surface area contributed by atoms with E-state index in [9.17, 15) is 10.2 Å². The van der Waals surface area contributed by atoms with Crippen molar-refractivity contribution in [3.8, 4) is 0 Å². The van der Waals surface area contributed by atoms with Gasteiger partial charge in [-0.15, -0.1) is 0 Å². The molecule has 0 bridgehead atoms. The van der Waals surface area contributed by atoms with Crippen LogP contribution < -0.4 is 0 Å². The van der Waals surface area contributed by atoms with E-state index in [0.717, 1.165) is 50.0 Å². The van der Waals surface area contributed by atoms with Crippen LogP contribution in [-0.4, -0.2) is 33.9 Å². The SMILES string of the molecule is CC1(C)CCC(CO)(C2(O)CCSCC2)CC1. The maximum Gasteiger partial charge on any atom is 0.0741 e. The predicted octanol–water partition coefficient (Wildman–Crippen LogP) is 2.82. The van der Waals surface area contributed by atoms with Gasteiger partial charge in [-0.1, -0.05) is 13.8 Å². The molecule has 17 heavy (non-hydrogen) atoms. The Bertz CT molecular complexity index is 259. The Balaban J connectivity index is 2.14. The van der Waals surface area contributed by atoms with Gasteiger partial charge in [-0.25, -0.2) is 0 Å². The minimum Gasteiger partial charge on any atom is -0.396 e. The van der Waals surface area contributed by atoms with Crippen molar-refractivity contribution in [2.45, 2.75) is 58.0 Å². The second-order valence-electron chi connectivity index (χ2n) is 6.75. The molecule has 1 saturated carbocycles. The molecule has 0 unspecified atom stereocenters. The van der Waals surface area contributed by atoms with Crippen LogP contribution >= 0.6 is 11.8 Å². The van der Waals surface area contributed by atoms with Gasteiger partial charge in [-0.05, 0) is 55.4 Å². The molecular formula is C14H26O2S. The van der Waals surface area contributed by atoms with Crippen LogP contribution in [0.2, 0.25) is 0 Å². The molecule has 2 fully saturated rings. The van der Waals surface area contributed by atoms with E-state index in [1.165, 1.54) is 0 Å². The molecule has 3 heteroatoms. The molecular weight excluding hydrogens is 232 g/mol. The lowest BCUT2D eigenvalue weighted by Crippen LogP contribution is -2.55. The standard InChI is InChI=1S/C14H26O2S/c1-12(2)3-5-13(11-15,6-4-12)14(16)7-9-17-10-8-14/h15-16H,3-11H2,1-2H3. The summed E-state index contributed by atoms with van der Waals surface area (Å²) < 4.78 is 0. The van der Waals surface area contributed by atoms with Crippen molar-refractivity contribution >= 4 is 11.8 Å². The molecule has 2 nitrogen and oxygen atoms in total. The van der Waals surface area contributed by atoms with E-state index in [0.29, 0.717) is 5.41 Å². The molecule has 1 saturated heterocycles. The molecule has 2 aliphatic rings. The van der Waals surface area contributed by atoms with Gasteiger partial charge in [0.1, 0.15) is 0 Å². The van der Waals surface area contributed by atoms with E-state index in [-0.39, 0.29) is 12.0 Å². The van der Waals surface area contributed by atoms with Crippen molar-refractivity contribution in [2.75, 3.05) is 18.1 Å². The topological polar surface area (TPSA) is 40.5 Å². The Labute approximate surface area is 109 Å². The molecule has 0 amide bonds. The van der Waals surface area contributed by atoms with Crippen LogP contribution in [-0.2, 0) is 0 Å². The van der Waals surface area contributed by atoms with Crippen LogP contribution in [0.4, 0.5) is 0 Å². The van der Waals surface area contributed by atoms with Crippen LogP contribution in [0.3, 0.4) is 0 Å². The fourth-order valence-electron chi connectivity index (χ4n) is 3.42. The first kappa shape index (κ1) is 13.7. The zero-order valence-electron chi connectivity index (χ0n) is 11.2. The van der Waals surface area contributed by atoms with Crippen molar-refractivity contribution < 1.29 is 10.2 Å². The van der Waals surface area contributed by atoms with Crippen LogP contribution in [0.1, 0.15) is 52.4 Å². The Morgan fingerprint density at radius 2 is 1.47 bits per heavy atom. The lowest BCUT2D eigenvalue weighted by molar-refractivity contribution is -0.143. The van der Waals surface area contributed by atoms with Crippen LogP contribution in [0, 0.1) is 10.8 Å². The number of hydrogen-bond donors (Lipinski definition) is 2. The third-order valence-corrected chi connectivity index (χ3v) is 6.16. The summed E-state index contributed by atoms with van der Waals surface area (Å²) in [5, 5.41) is 20.8. The number of hydrogen-bond acceptors (Lipinski definition) is 3. The van der Waals surface area contributed by atoms with Crippen molar-refractivity contribution in [3.63, 3.8) is 0 Å². The highest BCUT2D eigenvalue weighted by molar-refractivity contribution is 7.99. The van der Waals surface area contributed by atoms with E-state index in [2.05, 4.69) is 13.8 Å². The molecule has 0 atom stereocenters. The van der Waals surface area contributed by atoms with Gasteiger partial charge >= 0.3 is 0 Å². The van der Waals surface area contributed by atoms with Crippen LogP contribution in [0.25, 0.3) is 0 Å². The molecule has 2 N–H and O–H groups in total. The summed E-state index contributed by atoms with van der Waals surface area (Å²) in [6.07, 6.45) is 5.94. The highest BCUT2D eigenvalue weighted by Gasteiger charge is 2.52. The van der Waals surface area contributed by atoms with E-state index in [1.807, 2.05) is 11.8 Å². The molecule has 100 valence electrons. The van der Waals surface area contributed by atoms with Gasteiger partial charge in [0.05, 0.1) is 12.2 Å². The lowest BCUT2D eigenvalue weighted by Gasteiger charge is -2.53. The normalized spacial score (nSPS) is 31.1. The Morgan fingerprint density at radius 3 is 1.94 bits per heavy atom. The predicted molar refractivity (Wildman–Crippen MR) is 73.3 cm³/mol. The summed E-state index contributed by atoms with van der Waals surface area (Å²) in [5.74, 6) is 2.09. The highest BCUT2D eigenvalue weighted by atomic mass is 32.2. The van der Waals surface area contributed by atoms with Gasteiger partial charge in [-0.3, -0.25) is 0 Å². The molecule has 1 aliphatic heterocycles. The van der Waals surface area contributed by atoms with E-state index in [1.54, 1.807) is 0 Å². The summed E-state index contributed by atoms with van der Waals surface area (Å²) in [6, 6.07) is 0. The first-order valence-corrected chi connectivity index (χ1v) is 8.00. The van der Waals surface area contributed by atoms with Gasteiger partial charge in [0.2, 0.25) is 0 Å². The Kier molecular flexibility index (Phi) is 3.82. The largest absolute Gasteiger partial charge is 0.396 e. The number of aliphatic hydroxyl groups excluding tert-OH is 1. The monoisotopic (exact) mass is 258 g/mol. The van der Waals surface area contributed by atoms with Crippen molar-refractivity contribution in [2.24, 2.45) is 10.8 Å². The fraction of sp³-hybridized carbons (Fsp3) is 1.00. The van der Waals surface area contributed by atoms with Gasteiger partial charge < -0.3 is 10.2 Å². The second-order valence-corrected chi connectivity index (χ2v) is 7.97. The van der Waals surface area contributed by atoms with Crippen LogP contribution in [0.5, 0.6) is 0 Å². The summed E-state index contributed by atoms with van der Waals surface area (Å²) in [7, 11) is 0. The molecule has 0 aromatic rings. The summed E-state index contributed by atoms with van der Waals surface area (Å²) >= 11 is 1.93. The molecule has 1 heterocycles. The van der Waals surface area contributed by atoms with Crippen molar-refractivity contribution in [1.82, 2.24) is 0 Å². The van der Waals surface area contributed by atoms with Gasteiger partial charge in [0, 0.05) is 5.41 Å². The average Bonchev–Trinajstić information content (AvgIpc) is 2.30. The van der Waals surface area contributed by atoms with E-state index in [4.69, 9.17) is 0 Å². The zero-order valence-corrected chi connectivity index (χ0v) is 12.0. The summed E-state index contributed by atoms with van der Waals surface area (Å²) in [5.41, 5.74) is -0.439. The maximum atomic E-state index is 10.9. The lowest BCUT2D eigenvalue weighted by atomic mass is 9.57. The molecule has 0 spiro atoms. The number of thioether (sulfide) groups is 1. The van der Waals surface area contributed by atoms with Gasteiger partial charge in [-0.2, -0.15) is 11.8 Å². The third-order valence-electron chi connectivity index (χ3n) is 5.17. The van der Waals surface area contributed by atoms with Gasteiger partial charge in [0.15, 0.2) is 0 Å². The molecule has 2 rings (SSSR count). The molecule has 1 aliphatic carbocycles. The molecule has 0 aromatic heterocycles. The minimum absolute atomic E-state index is 0.157. The molecule has 0 aromatic carbocycles. The van der Waals surface area contributed by atoms with Crippen LogP contribution in [0.15, 0.2) is 0 Å². The van der Waals surface area contributed by atoms with Crippen molar-refractivity contribution in [1.29, 1.82) is 0 Å². The maximum absolute atomic E-state index is 10.9. The van der Waals surface area contributed by atoms with Gasteiger partial charge in [0.25, 0.3) is 0 Å². The van der Waals surface area contributed by atoms with E-state index < -0.39 is 5.60 Å². The number of rotatable bonds is 2. The second kappa shape index (κ2) is 4.75. The smallest absolute Gasteiger partial charge is 0.0741 e. The highest BCUT2D eigenvalue weighted by Crippen LogP contribution is 2.53. The number of aliphatic hydroxyl groups is 2. The van der Waals surface area contributed by atoms with Crippen molar-refractivity contribution in [3.05, 3.63) is 0 Å². The van der Waals surface area contributed by atoms with E-state index >= 15 is 0 Å². The Morgan fingerprint density at radius 1 is 0.941 bits per heavy atom. The summed E-state index contributed by atoms with van der Waals surface area (Å²) in [6.45, 7) is 4.76. The zero-order chi connectivity index (χ0) is 12.6. The summed E-state index contributed by atoms with van der Waals surface area (Å²) in [4.78, 5) is 0.